The summed E-state index contributed by atoms with van der Waals surface area (Å²) in [4.78, 5) is 10.5. The molecular weight excluding hydrogens is 198 g/mol. The smallest absolute Gasteiger partial charge is 0.438 e. The number of hydrogen-bond acceptors (Lipinski definition) is 4. The Kier molecular flexibility index (Phi) is 3.15. The fraction of sp³-hybridized carbons (Fsp3) is 0.286. The molecule has 3 N–H and O–H groups in total. The van der Waals surface area contributed by atoms with Gasteiger partial charge in [0.2, 0.25) is 0 Å². The molecule has 0 fully saturated rings. The SMILES string of the molecule is NNC(=O)C(F)(F)OCc1ccco1. The van der Waals surface area contributed by atoms with Gasteiger partial charge >= 0.3 is 12.0 Å². The zero-order valence-corrected chi connectivity index (χ0v) is 7.00. The minimum atomic E-state index is -3.96. The van der Waals surface area contributed by atoms with Crippen molar-refractivity contribution in [3.05, 3.63) is 24.2 Å². The Morgan fingerprint density at radius 3 is 2.93 bits per heavy atom. The number of hydrazine groups is 1. The molecular formula is C7H8F2N2O3. The van der Waals surface area contributed by atoms with E-state index < -0.39 is 18.6 Å². The molecule has 5 nitrogen and oxygen atoms in total. The number of carbonyl (C=O) groups excluding carboxylic acids is 1. The summed E-state index contributed by atoms with van der Waals surface area (Å²) < 4.78 is 34.0. The van der Waals surface area contributed by atoms with Crippen molar-refractivity contribution in [1.82, 2.24) is 5.43 Å². The minimum absolute atomic E-state index is 0.189. The zero-order chi connectivity index (χ0) is 10.6. The summed E-state index contributed by atoms with van der Waals surface area (Å²) in [5.41, 5.74) is 1.29. The Balaban J connectivity index is 2.48. The standard InChI is InChI=1S/C7H8F2N2O3/c8-7(9,6(12)11-10)14-4-5-2-1-3-13-5/h1-3H,4,10H2,(H,11,12). The van der Waals surface area contributed by atoms with Gasteiger partial charge in [-0.05, 0) is 12.1 Å². The molecule has 1 aromatic heterocycles. The molecule has 0 aliphatic rings. The highest BCUT2D eigenvalue weighted by Crippen LogP contribution is 2.17. The van der Waals surface area contributed by atoms with Gasteiger partial charge in [-0.15, -0.1) is 0 Å². The van der Waals surface area contributed by atoms with Crippen LogP contribution in [0, 0.1) is 0 Å². The zero-order valence-electron chi connectivity index (χ0n) is 7.00. The number of nitrogens with one attached hydrogen (secondary N) is 1. The predicted molar refractivity (Wildman–Crippen MR) is 40.8 cm³/mol. The van der Waals surface area contributed by atoms with Crippen LogP contribution in [0.3, 0.4) is 0 Å². The first-order chi connectivity index (χ1) is 6.56. The number of carbonyl (C=O) groups is 1. The Bertz CT molecular complexity index is 300. The first kappa shape index (κ1) is 10.6. The molecule has 14 heavy (non-hydrogen) atoms. The molecule has 0 saturated carbocycles. The number of rotatable bonds is 4. The van der Waals surface area contributed by atoms with Crippen molar-refractivity contribution in [3.8, 4) is 0 Å². The van der Waals surface area contributed by atoms with Crippen molar-refractivity contribution >= 4 is 5.91 Å². The van der Waals surface area contributed by atoms with Crippen LogP contribution < -0.4 is 11.3 Å². The monoisotopic (exact) mass is 206 g/mol. The second-order valence-corrected chi connectivity index (χ2v) is 2.36. The summed E-state index contributed by atoms with van der Waals surface area (Å²) in [6, 6.07) is 2.95. The molecule has 0 unspecified atom stereocenters. The molecule has 0 radical (unpaired) electrons. The van der Waals surface area contributed by atoms with E-state index in [0.717, 1.165) is 0 Å². The maximum Gasteiger partial charge on any atom is 0.438 e. The first-order valence-electron chi connectivity index (χ1n) is 3.61. The molecule has 0 saturated heterocycles. The van der Waals surface area contributed by atoms with Crippen molar-refractivity contribution in [2.45, 2.75) is 12.7 Å². The largest absolute Gasteiger partial charge is 0.467 e. The number of halogens is 2. The third-order valence-electron chi connectivity index (χ3n) is 1.37. The van der Waals surface area contributed by atoms with E-state index in [1.54, 1.807) is 0 Å². The number of alkyl halides is 2. The van der Waals surface area contributed by atoms with E-state index >= 15 is 0 Å². The van der Waals surface area contributed by atoms with Crippen molar-refractivity contribution in [3.63, 3.8) is 0 Å². The Morgan fingerprint density at radius 2 is 2.43 bits per heavy atom. The summed E-state index contributed by atoms with van der Waals surface area (Å²) in [7, 11) is 0. The topological polar surface area (TPSA) is 77.5 Å². The highest BCUT2D eigenvalue weighted by atomic mass is 19.3. The van der Waals surface area contributed by atoms with E-state index in [1.807, 2.05) is 0 Å². The van der Waals surface area contributed by atoms with Crippen molar-refractivity contribution < 1.29 is 22.7 Å². The molecule has 1 aromatic rings. The van der Waals surface area contributed by atoms with Crippen molar-refractivity contribution in [2.24, 2.45) is 5.84 Å². The van der Waals surface area contributed by atoms with E-state index in [4.69, 9.17) is 4.42 Å². The van der Waals surface area contributed by atoms with Crippen LogP contribution in [0.5, 0.6) is 0 Å². The van der Waals surface area contributed by atoms with Gasteiger partial charge in [-0.2, -0.15) is 8.78 Å². The van der Waals surface area contributed by atoms with Crippen LogP contribution in [0.25, 0.3) is 0 Å². The lowest BCUT2D eigenvalue weighted by atomic mass is 10.5. The normalized spacial score (nSPS) is 11.4. The highest BCUT2D eigenvalue weighted by molar-refractivity contribution is 5.81. The van der Waals surface area contributed by atoms with Crippen LogP contribution in [0.15, 0.2) is 22.8 Å². The summed E-state index contributed by atoms with van der Waals surface area (Å²) in [6.07, 6.45) is -2.65. The van der Waals surface area contributed by atoms with Crippen LogP contribution in [0.2, 0.25) is 0 Å². The molecule has 1 amide bonds. The average Bonchev–Trinajstić information content (AvgIpc) is 2.66. The quantitative estimate of drug-likeness (QED) is 0.424. The first-order valence-corrected chi connectivity index (χ1v) is 3.61. The number of hydrogen-bond donors (Lipinski definition) is 2. The third kappa shape index (κ3) is 2.51. The van der Waals surface area contributed by atoms with E-state index in [-0.39, 0.29) is 5.76 Å². The van der Waals surface area contributed by atoms with Crippen LogP contribution in [0.1, 0.15) is 5.76 Å². The molecule has 1 heterocycles. The molecule has 1 rings (SSSR count). The Hall–Kier alpha value is -1.47. The maximum absolute atomic E-state index is 12.7. The Morgan fingerprint density at radius 1 is 1.71 bits per heavy atom. The Labute approximate surface area is 77.8 Å². The second-order valence-electron chi connectivity index (χ2n) is 2.36. The fourth-order valence-corrected chi connectivity index (χ4v) is 0.706. The summed E-state index contributed by atoms with van der Waals surface area (Å²) >= 11 is 0. The number of furan rings is 1. The lowest BCUT2D eigenvalue weighted by Crippen LogP contribution is -2.45. The predicted octanol–water partition coefficient (Wildman–Crippen LogP) is 0.379. The molecule has 0 bridgehead atoms. The van der Waals surface area contributed by atoms with E-state index in [1.165, 1.54) is 23.8 Å². The summed E-state index contributed by atoms with van der Waals surface area (Å²) in [5.74, 6) is 3.01. The molecule has 7 heteroatoms. The van der Waals surface area contributed by atoms with Crippen molar-refractivity contribution in [1.29, 1.82) is 0 Å². The average molecular weight is 206 g/mol. The molecule has 0 atom stereocenters. The van der Waals surface area contributed by atoms with Crippen molar-refractivity contribution in [2.75, 3.05) is 0 Å². The van der Waals surface area contributed by atoms with Gasteiger partial charge in [-0.3, -0.25) is 10.2 Å². The lowest BCUT2D eigenvalue weighted by Gasteiger charge is -2.13. The molecule has 0 aromatic carbocycles. The number of nitrogens with two attached hydrogens (primary N) is 1. The van der Waals surface area contributed by atoms with Gasteiger partial charge in [0.1, 0.15) is 12.4 Å². The fourth-order valence-electron chi connectivity index (χ4n) is 0.706. The van der Waals surface area contributed by atoms with Crippen LogP contribution in [-0.2, 0) is 16.1 Å². The van der Waals surface area contributed by atoms with E-state index in [2.05, 4.69) is 10.6 Å². The van der Waals surface area contributed by atoms with Crippen LogP contribution in [-0.4, -0.2) is 12.0 Å². The van der Waals surface area contributed by atoms with Gasteiger partial charge in [0.05, 0.1) is 6.26 Å². The van der Waals surface area contributed by atoms with E-state index in [9.17, 15) is 13.6 Å². The van der Waals surface area contributed by atoms with Gasteiger partial charge in [0, 0.05) is 0 Å². The number of ether oxygens (including phenoxy) is 1. The molecule has 0 aliphatic heterocycles. The maximum atomic E-state index is 12.7. The molecule has 0 aliphatic carbocycles. The highest BCUT2D eigenvalue weighted by Gasteiger charge is 2.40. The summed E-state index contributed by atoms with van der Waals surface area (Å²) in [6.45, 7) is -0.507. The van der Waals surface area contributed by atoms with Crippen LogP contribution in [0.4, 0.5) is 8.78 Å². The van der Waals surface area contributed by atoms with Gasteiger partial charge in [-0.1, -0.05) is 0 Å². The lowest BCUT2D eigenvalue weighted by molar-refractivity contribution is -0.237. The third-order valence-corrected chi connectivity index (χ3v) is 1.37. The van der Waals surface area contributed by atoms with Gasteiger partial charge in [-0.25, -0.2) is 5.84 Å². The number of amides is 1. The second kappa shape index (κ2) is 4.16. The van der Waals surface area contributed by atoms with Gasteiger partial charge in [0.25, 0.3) is 0 Å². The van der Waals surface area contributed by atoms with Gasteiger partial charge < -0.3 is 9.15 Å². The minimum Gasteiger partial charge on any atom is -0.467 e. The molecule has 78 valence electrons. The van der Waals surface area contributed by atoms with Gasteiger partial charge in [0.15, 0.2) is 0 Å². The van der Waals surface area contributed by atoms with Crippen LogP contribution >= 0.6 is 0 Å². The molecule has 0 spiro atoms. The summed E-state index contributed by atoms with van der Waals surface area (Å²) in [5, 5.41) is 0. The van der Waals surface area contributed by atoms with E-state index in [0.29, 0.717) is 0 Å².